The highest BCUT2D eigenvalue weighted by atomic mass is 35.5. The lowest BCUT2D eigenvalue weighted by atomic mass is 10.1. The van der Waals surface area contributed by atoms with E-state index in [1.807, 2.05) is 13.0 Å². The molecule has 5 heteroatoms. The number of anilines is 3. The number of carbonyl (C=O) groups excluding carboxylic acids is 1. The summed E-state index contributed by atoms with van der Waals surface area (Å²) in [7, 11) is 0. The molecule has 0 aromatic heterocycles. The van der Waals surface area contributed by atoms with E-state index in [0.717, 1.165) is 5.56 Å². The summed E-state index contributed by atoms with van der Waals surface area (Å²) in [6.45, 7) is 1.89. The number of nitrogens with one attached hydrogen (secondary N) is 1. The molecule has 0 atom stereocenters. The summed E-state index contributed by atoms with van der Waals surface area (Å²) in [5.74, 6) is -0.294. The number of rotatable bonds is 2. The molecule has 5 N–H and O–H groups in total. The highest BCUT2D eigenvalue weighted by Crippen LogP contribution is 2.22. The Morgan fingerprint density at radius 3 is 2.53 bits per heavy atom. The molecule has 19 heavy (non-hydrogen) atoms. The number of aryl methyl sites for hydroxylation is 1. The smallest absolute Gasteiger partial charge is 0.257 e. The predicted octanol–water partition coefficient (Wildman–Crippen LogP) is 3.07. The number of nitrogens with two attached hydrogens (primary N) is 2. The maximum absolute atomic E-state index is 12.1. The van der Waals surface area contributed by atoms with Gasteiger partial charge in [-0.1, -0.05) is 17.7 Å². The summed E-state index contributed by atoms with van der Waals surface area (Å²) in [6, 6.07) is 10.1. The van der Waals surface area contributed by atoms with Crippen LogP contribution in [0.5, 0.6) is 0 Å². The van der Waals surface area contributed by atoms with Gasteiger partial charge in [-0.3, -0.25) is 4.79 Å². The van der Waals surface area contributed by atoms with Crippen LogP contribution in [0.25, 0.3) is 0 Å². The van der Waals surface area contributed by atoms with E-state index in [-0.39, 0.29) is 5.91 Å². The molecule has 0 unspecified atom stereocenters. The second-order valence-electron chi connectivity index (χ2n) is 4.26. The Balaban J connectivity index is 2.23. The number of amides is 1. The van der Waals surface area contributed by atoms with Crippen LogP contribution in [0.4, 0.5) is 17.1 Å². The van der Waals surface area contributed by atoms with E-state index in [9.17, 15) is 4.79 Å². The van der Waals surface area contributed by atoms with E-state index in [0.29, 0.717) is 27.6 Å². The van der Waals surface area contributed by atoms with Gasteiger partial charge in [0.1, 0.15) is 0 Å². The number of carbonyl (C=O) groups is 1. The summed E-state index contributed by atoms with van der Waals surface area (Å²) in [6.07, 6.45) is 0. The largest absolute Gasteiger partial charge is 0.399 e. The van der Waals surface area contributed by atoms with Gasteiger partial charge in [-0.15, -0.1) is 0 Å². The zero-order valence-electron chi connectivity index (χ0n) is 10.4. The van der Waals surface area contributed by atoms with Crippen LogP contribution < -0.4 is 16.8 Å². The molecule has 0 fully saturated rings. The van der Waals surface area contributed by atoms with Gasteiger partial charge in [0.25, 0.3) is 5.91 Å². The van der Waals surface area contributed by atoms with Crippen molar-refractivity contribution in [3.05, 3.63) is 52.5 Å². The average Bonchev–Trinajstić information content (AvgIpc) is 2.33. The van der Waals surface area contributed by atoms with Crippen LogP contribution >= 0.6 is 11.6 Å². The minimum Gasteiger partial charge on any atom is -0.399 e. The molecule has 0 saturated heterocycles. The van der Waals surface area contributed by atoms with Gasteiger partial charge in [0.2, 0.25) is 0 Å². The van der Waals surface area contributed by atoms with Gasteiger partial charge in [-0.2, -0.15) is 0 Å². The van der Waals surface area contributed by atoms with Crippen molar-refractivity contribution in [2.24, 2.45) is 0 Å². The van der Waals surface area contributed by atoms with Gasteiger partial charge in [0, 0.05) is 22.1 Å². The first kappa shape index (κ1) is 13.2. The quantitative estimate of drug-likeness (QED) is 0.737. The molecule has 4 nitrogen and oxygen atoms in total. The SMILES string of the molecule is Cc1ccc(NC(=O)c2ccc(N)cc2N)cc1Cl. The number of hydrogen-bond donors (Lipinski definition) is 3. The third kappa shape index (κ3) is 2.98. The Hall–Kier alpha value is -2.20. The zero-order valence-corrected chi connectivity index (χ0v) is 11.2. The van der Waals surface area contributed by atoms with Crippen molar-refractivity contribution in [3.8, 4) is 0 Å². The van der Waals surface area contributed by atoms with Crippen LogP contribution in [0.3, 0.4) is 0 Å². The first-order chi connectivity index (χ1) is 8.97. The molecule has 2 aromatic rings. The minimum atomic E-state index is -0.294. The van der Waals surface area contributed by atoms with Crippen molar-refractivity contribution in [1.29, 1.82) is 0 Å². The monoisotopic (exact) mass is 275 g/mol. The van der Waals surface area contributed by atoms with Crippen molar-refractivity contribution in [1.82, 2.24) is 0 Å². The number of nitrogen functional groups attached to an aromatic ring is 2. The first-order valence-electron chi connectivity index (χ1n) is 5.70. The minimum absolute atomic E-state index is 0.294. The summed E-state index contributed by atoms with van der Waals surface area (Å²) in [4.78, 5) is 12.1. The number of hydrogen-bond acceptors (Lipinski definition) is 3. The lowest BCUT2D eigenvalue weighted by molar-refractivity contribution is 0.102. The average molecular weight is 276 g/mol. The van der Waals surface area contributed by atoms with E-state index in [2.05, 4.69) is 5.32 Å². The van der Waals surface area contributed by atoms with E-state index in [1.165, 1.54) is 0 Å². The van der Waals surface area contributed by atoms with Crippen molar-refractivity contribution < 1.29 is 4.79 Å². The van der Waals surface area contributed by atoms with Crippen LogP contribution in [-0.2, 0) is 0 Å². The van der Waals surface area contributed by atoms with E-state index >= 15 is 0 Å². The Morgan fingerprint density at radius 1 is 1.16 bits per heavy atom. The summed E-state index contributed by atoms with van der Waals surface area (Å²) < 4.78 is 0. The summed E-state index contributed by atoms with van der Waals surface area (Å²) in [5.41, 5.74) is 14.2. The summed E-state index contributed by atoms with van der Waals surface area (Å²) in [5, 5.41) is 3.34. The second-order valence-corrected chi connectivity index (χ2v) is 4.67. The number of halogens is 1. The normalized spacial score (nSPS) is 10.2. The molecule has 0 aliphatic carbocycles. The Bertz CT molecular complexity index is 641. The third-order valence-electron chi connectivity index (χ3n) is 2.75. The van der Waals surface area contributed by atoms with Crippen LogP contribution in [0.2, 0.25) is 5.02 Å². The van der Waals surface area contributed by atoms with Gasteiger partial charge < -0.3 is 16.8 Å². The van der Waals surface area contributed by atoms with Gasteiger partial charge in [0.15, 0.2) is 0 Å². The molecule has 98 valence electrons. The fraction of sp³-hybridized carbons (Fsp3) is 0.0714. The zero-order chi connectivity index (χ0) is 14.0. The van der Waals surface area contributed by atoms with Crippen LogP contribution in [0.15, 0.2) is 36.4 Å². The van der Waals surface area contributed by atoms with Gasteiger partial charge >= 0.3 is 0 Å². The van der Waals surface area contributed by atoms with E-state index < -0.39 is 0 Å². The van der Waals surface area contributed by atoms with E-state index in [4.69, 9.17) is 23.1 Å². The van der Waals surface area contributed by atoms with Crippen molar-refractivity contribution in [2.75, 3.05) is 16.8 Å². The lowest BCUT2D eigenvalue weighted by Crippen LogP contribution is -2.14. The second kappa shape index (κ2) is 5.20. The van der Waals surface area contributed by atoms with E-state index in [1.54, 1.807) is 30.3 Å². The van der Waals surface area contributed by atoms with Gasteiger partial charge in [-0.05, 0) is 42.8 Å². The lowest BCUT2D eigenvalue weighted by Gasteiger charge is -2.09. The molecule has 0 radical (unpaired) electrons. The topological polar surface area (TPSA) is 81.1 Å². The fourth-order valence-electron chi connectivity index (χ4n) is 1.66. The van der Waals surface area contributed by atoms with Gasteiger partial charge in [-0.25, -0.2) is 0 Å². The van der Waals surface area contributed by atoms with Crippen LogP contribution in [-0.4, -0.2) is 5.91 Å². The standard InChI is InChI=1S/C14H14ClN3O/c1-8-2-4-10(7-12(8)15)18-14(19)11-5-3-9(16)6-13(11)17/h2-7H,16-17H2,1H3,(H,18,19). The molecule has 0 spiro atoms. The Morgan fingerprint density at radius 2 is 1.89 bits per heavy atom. The molecular formula is C14H14ClN3O. The maximum atomic E-state index is 12.1. The van der Waals surface area contributed by atoms with Gasteiger partial charge in [0.05, 0.1) is 5.56 Å². The highest BCUT2D eigenvalue weighted by Gasteiger charge is 2.10. The first-order valence-corrected chi connectivity index (χ1v) is 6.07. The molecule has 2 aromatic carbocycles. The molecule has 0 heterocycles. The van der Waals surface area contributed by atoms with Crippen molar-refractivity contribution in [2.45, 2.75) is 6.92 Å². The molecule has 2 rings (SSSR count). The molecule has 0 aliphatic heterocycles. The maximum Gasteiger partial charge on any atom is 0.257 e. The molecule has 1 amide bonds. The molecule has 0 saturated carbocycles. The van der Waals surface area contributed by atoms with Crippen LogP contribution in [0.1, 0.15) is 15.9 Å². The number of benzene rings is 2. The molecule has 0 aliphatic rings. The predicted molar refractivity (Wildman–Crippen MR) is 79.4 cm³/mol. The highest BCUT2D eigenvalue weighted by molar-refractivity contribution is 6.31. The van der Waals surface area contributed by atoms with Crippen LogP contribution in [0, 0.1) is 6.92 Å². The van der Waals surface area contributed by atoms with Crippen molar-refractivity contribution in [3.63, 3.8) is 0 Å². The van der Waals surface area contributed by atoms with Crippen molar-refractivity contribution >= 4 is 34.6 Å². The Labute approximate surface area is 116 Å². The summed E-state index contributed by atoms with van der Waals surface area (Å²) >= 11 is 6.00. The third-order valence-corrected chi connectivity index (χ3v) is 3.16. The Kier molecular flexibility index (Phi) is 3.62. The fourth-order valence-corrected chi connectivity index (χ4v) is 1.84. The molecular weight excluding hydrogens is 262 g/mol. The molecule has 0 bridgehead atoms.